The second-order valence-corrected chi connectivity index (χ2v) is 6.61. The quantitative estimate of drug-likeness (QED) is 0.467. The zero-order valence-electron chi connectivity index (χ0n) is 12.4. The Labute approximate surface area is 131 Å². The molecule has 0 unspecified atom stereocenters. The molecule has 0 bridgehead atoms. The SMILES string of the molecule is C=CCN(/N=C/c1ccccc1)S(=O)(=O)c1ccc(C)cc1. The highest BCUT2D eigenvalue weighted by Crippen LogP contribution is 2.16. The molecule has 0 aliphatic carbocycles. The minimum Gasteiger partial charge on any atom is -0.200 e. The summed E-state index contributed by atoms with van der Waals surface area (Å²) < 4.78 is 26.3. The Morgan fingerprint density at radius 3 is 2.32 bits per heavy atom. The van der Waals surface area contributed by atoms with Crippen LogP contribution in [0.2, 0.25) is 0 Å². The summed E-state index contributed by atoms with van der Waals surface area (Å²) in [5.41, 5.74) is 1.83. The van der Waals surface area contributed by atoms with Crippen molar-refractivity contribution in [1.82, 2.24) is 4.41 Å². The summed E-state index contributed by atoms with van der Waals surface area (Å²) >= 11 is 0. The molecule has 0 spiro atoms. The molecule has 4 nitrogen and oxygen atoms in total. The highest BCUT2D eigenvalue weighted by Gasteiger charge is 2.21. The average Bonchev–Trinajstić information content (AvgIpc) is 2.52. The van der Waals surface area contributed by atoms with E-state index < -0.39 is 10.0 Å². The van der Waals surface area contributed by atoms with Crippen LogP contribution < -0.4 is 0 Å². The molecule has 2 aromatic carbocycles. The molecule has 2 aromatic rings. The Hall–Kier alpha value is -2.40. The van der Waals surface area contributed by atoms with E-state index in [2.05, 4.69) is 11.7 Å². The van der Waals surface area contributed by atoms with Gasteiger partial charge in [-0.3, -0.25) is 0 Å². The molecule has 0 N–H and O–H groups in total. The fourth-order valence-corrected chi connectivity index (χ4v) is 3.02. The average molecular weight is 314 g/mol. The highest BCUT2D eigenvalue weighted by atomic mass is 32.2. The molecule has 5 heteroatoms. The molecule has 0 fully saturated rings. The largest absolute Gasteiger partial charge is 0.279 e. The van der Waals surface area contributed by atoms with Crippen LogP contribution in [0.15, 0.2) is 77.2 Å². The molecule has 0 saturated heterocycles. The van der Waals surface area contributed by atoms with Gasteiger partial charge in [0, 0.05) is 0 Å². The van der Waals surface area contributed by atoms with E-state index in [1.54, 1.807) is 24.3 Å². The van der Waals surface area contributed by atoms with Gasteiger partial charge < -0.3 is 0 Å². The second-order valence-electron chi connectivity index (χ2n) is 4.77. The van der Waals surface area contributed by atoms with Crippen molar-refractivity contribution >= 4 is 16.2 Å². The summed E-state index contributed by atoms with van der Waals surface area (Å²) in [4.78, 5) is 0.213. The molecular weight excluding hydrogens is 296 g/mol. The third-order valence-corrected chi connectivity index (χ3v) is 4.68. The van der Waals surface area contributed by atoms with Crippen LogP contribution in [0.5, 0.6) is 0 Å². The summed E-state index contributed by atoms with van der Waals surface area (Å²) in [6, 6.07) is 16.0. The number of sulfonamides is 1. The lowest BCUT2D eigenvalue weighted by Crippen LogP contribution is -2.26. The van der Waals surface area contributed by atoms with Crippen LogP contribution in [0.25, 0.3) is 0 Å². The number of nitrogens with zero attached hydrogens (tertiary/aromatic N) is 2. The van der Waals surface area contributed by atoms with Crippen molar-refractivity contribution in [1.29, 1.82) is 0 Å². The van der Waals surface area contributed by atoms with Crippen molar-refractivity contribution in [2.75, 3.05) is 6.54 Å². The van der Waals surface area contributed by atoms with Gasteiger partial charge in [0.2, 0.25) is 0 Å². The lowest BCUT2D eigenvalue weighted by Gasteiger charge is -2.17. The Morgan fingerprint density at radius 2 is 1.73 bits per heavy atom. The van der Waals surface area contributed by atoms with Gasteiger partial charge in [0.1, 0.15) is 0 Å². The molecule has 0 aliphatic rings. The van der Waals surface area contributed by atoms with E-state index in [0.29, 0.717) is 0 Å². The highest BCUT2D eigenvalue weighted by molar-refractivity contribution is 7.89. The van der Waals surface area contributed by atoms with Crippen molar-refractivity contribution in [2.24, 2.45) is 5.10 Å². The molecule has 0 aliphatic heterocycles. The molecule has 114 valence electrons. The van der Waals surface area contributed by atoms with Crippen LogP contribution in [0.3, 0.4) is 0 Å². The maximum atomic E-state index is 12.6. The van der Waals surface area contributed by atoms with E-state index >= 15 is 0 Å². The monoisotopic (exact) mass is 314 g/mol. The zero-order chi connectivity index (χ0) is 16.0. The normalized spacial score (nSPS) is 11.5. The van der Waals surface area contributed by atoms with E-state index in [0.717, 1.165) is 15.5 Å². The van der Waals surface area contributed by atoms with Gasteiger partial charge >= 0.3 is 0 Å². The standard InChI is InChI=1S/C17H18N2O2S/c1-3-13-19(18-14-16-7-5-4-6-8-16)22(20,21)17-11-9-15(2)10-12-17/h3-12,14H,1,13H2,2H3/b18-14+. The van der Waals surface area contributed by atoms with Gasteiger partial charge in [0.05, 0.1) is 17.7 Å². The molecule has 0 amide bonds. The van der Waals surface area contributed by atoms with Crippen LogP contribution in [-0.4, -0.2) is 25.6 Å². The van der Waals surface area contributed by atoms with Gasteiger partial charge in [0.25, 0.3) is 10.0 Å². The van der Waals surface area contributed by atoms with Crippen LogP contribution in [0, 0.1) is 6.92 Å². The smallest absolute Gasteiger partial charge is 0.200 e. The van der Waals surface area contributed by atoms with E-state index in [9.17, 15) is 8.42 Å². The third kappa shape index (κ3) is 3.83. The Kier molecular flexibility index (Phi) is 5.12. The zero-order valence-corrected chi connectivity index (χ0v) is 13.2. The van der Waals surface area contributed by atoms with E-state index in [4.69, 9.17) is 0 Å². The summed E-state index contributed by atoms with van der Waals surface area (Å²) in [6.07, 6.45) is 3.03. The number of hydrazone groups is 1. The predicted octanol–water partition coefficient (Wildman–Crippen LogP) is 3.21. The van der Waals surface area contributed by atoms with Crippen molar-refractivity contribution in [3.63, 3.8) is 0 Å². The molecule has 2 rings (SSSR count). The summed E-state index contributed by atoms with van der Waals surface area (Å²) in [7, 11) is -3.69. The molecule has 0 heterocycles. The van der Waals surface area contributed by atoms with Gasteiger partial charge in [-0.05, 0) is 24.6 Å². The van der Waals surface area contributed by atoms with Crippen molar-refractivity contribution in [3.05, 3.63) is 78.4 Å². The minimum atomic E-state index is -3.69. The maximum Gasteiger partial charge on any atom is 0.279 e. The lowest BCUT2D eigenvalue weighted by atomic mass is 10.2. The van der Waals surface area contributed by atoms with E-state index in [1.165, 1.54) is 12.3 Å². The Bertz CT molecular complexity index is 751. The molecule has 0 radical (unpaired) electrons. The third-order valence-electron chi connectivity index (χ3n) is 3.02. The molecule has 22 heavy (non-hydrogen) atoms. The van der Waals surface area contributed by atoms with Crippen LogP contribution in [-0.2, 0) is 10.0 Å². The van der Waals surface area contributed by atoms with Gasteiger partial charge in [-0.1, -0.05) is 54.1 Å². The van der Waals surface area contributed by atoms with Gasteiger partial charge in [-0.25, -0.2) is 0 Å². The molecule has 0 saturated carbocycles. The fourth-order valence-electron chi connectivity index (χ4n) is 1.82. The first kappa shape index (κ1) is 16.0. The Morgan fingerprint density at radius 1 is 1.09 bits per heavy atom. The van der Waals surface area contributed by atoms with E-state index in [-0.39, 0.29) is 11.4 Å². The van der Waals surface area contributed by atoms with Gasteiger partial charge in [-0.15, -0.1) is 6.58 Å². The van der Waals surface area contributed by atoms with Crippen molar-refractivity contribution in [2.45, 2.75) is 11.8 Å². The van der Waals surface area contributed by atoms with Gasteiger partial charge in [0.15, 0.2) is 0 Å². The first-order chi connectivity index (χ1) is 10.5. The number of hydrogen-bond donors (Lipinski definition) is 0. The summed E-state index contributed by atoms with van der Waals surface area (Å²) in [5, 5.41) is 4.10. The Balaban J connectivity index is 2.32. The molecule has 0 aromatic heterocycles. The van der Waals surface area contributed by atoms with Crippen molar-refractivity contribution < 1.29 is 8.42 Å². The first-order valence-electron chi connectivity index (χ1n) is 6.83. The van der Waals surface area contributed by atoms with E-state index in [1.807, 2.05) is 37.3 Å². The predicted molar refractivity (Wildman–Crippen MR) is 89.3 cm³/mol. The summed E-state index contributed by atoms with van der Waals surface area (Å²) in [5.74, 6) is 0. The topological polar surface area (TPSA) is 49.7 Å². The molecular formula is C17H18N2O2S. The molecule has 0 atom stereocenters. The fraction of sp³-hybridized carbons (Fsp3) is 0.118. The van der Waals surface area contributed by atoms with Crippen LogP contribution >= 0.6 is 0 Å². The van der Waals surface area contributed by atoms with Crippen LogP contribution in [0.1, 0.15) is 11.1 Å². The first-order valence-corrected chi connectivity index (χ1v) is 8.27. The number of rotatable bonds is 6. The second kappa shape index (κ2) is 7.04. The number of hydrogen-bond acceptors (Lipinski definition) is 3. The van der Waals surface area contributed by atoms with Crippen molar-refractivity contribution in [3.8, 4) is 0 Å². The minimum absolute atomic E-state index is 0.111. The van der Waals surface area contributed by atoms with Gasteiger partial charge in [-0.2, -0.15) is 17.9 Å². The van der Waals surface area contributed by atoms with Crippen LogP contribution in [0.4, 0.5) is 0 Å². The lowest BCUT2D eigenvalue weighted by molar-refractivity contribution is 0.464. The number of aryl methyl sites for hydroxylation is 1. The maximum absolute atomic E-state index is 12.6. The summed E-state index contributed by atoms with van der Waals surface area (Å²) in [6.45, 7) is 5.62. The number of benzene rings is 2.